The molecule has 6 nitrogen and oxygen atoms in total. The maximum absolute atomic E-state index is 11.7. The van der Waals surface area contributed by atoms with Gasteiger partial charge in [0.25, 0.3) is 0 Å². The molecular weight excluding hydrogens is 284 g/mol. The molecule has 0 heterocycles. The van der Waals surface area contributed by atoms with E-state index in [0.29, 0.717) is 6.42 Å². The zero-order valence-electron chi connectivity index (χ0n) is 14.4. The summed E-state index contributed by atoms with van der Waals surface area (Å²) in [5.41, 5.74) is 0.137. The molecule has 0 aromatic rings. The van der Waals surface area contributed by atoms with Gasteiger partial charge in [0.15, 0.2) is 0 Å². The molecule has 0 aromatic heterocycles. The third kappa shape index (κ3) is 8.14. The van der Waals surface area contributed by atoms with Gasteiger partial charge in [-0.2, -0.15) is 0 Å². The molecule has 6 heteroatoms. The van der Waals surface area contributed by atoms with Crippen molar-refractivity contribution in [1.29, 1.82) is 0 Å². The first kappa shape index (κ1) is 18.6. The van der Waals surface area contributed by atoms with Crippen molar-refractivity contribution < 1.29 is 19.1 Å². The van der Waals surface area contributed by atoms with E-state index in [0.717, 1.165) is 5.70 Å². The maximum atomic E-state index is 11.7. The van der Waals surface area contributed by atoms with Crippen molar-refractivity contribution in [3.05, 3.63) is 11.8 Å². The molecular formula is C16H28N2O4. The largest absolute Gasteiger partial charge is 0.366 e. The number of hydrogen-bond donors (Lipinski definition) is 2. The van der Waals surface area contributed by atoms with Crippen LogP contribution in [0, 0.1) is 0 Å². The minimum Gasteiger partial charge on any atom is -0.366 e. The van der Waals surface area contributed by atoms with Gasteiger partial charge in [-0.1, -0.05) is 0 Å². The minimum atomic E-state index is -0.338. The van der Waals surface area contributed by atoms with Gasteiger partial charge in [0.05, 0.1) is 17.2 Å². The van der Waals surface area contributed by atoms with Crippen molar-refractivity contribution in [2.24, 2.45) is 0 Å². The Labute approximate surface area is 132 Å². The number of hydrogen-bond acceptors (Lipinski definition) is 4. The summed E-state index contributed by atoms with van der Waals surface area (Å²) in [5, 5.41) is 5.59. The van der Waals surface area contributed by atoms with Gasteiger partial charge < -0.3 is 20.1 Å². The second kappa shape index (κ2) is 7.24. The Hall–Kier alpha value is -1.40. The van der Waals surface area contributed by atoms with Gasteiger partial charge in [-0.25, -0.2) is 0 Å². The predicted molar refractivity (Wildman–Crippen MR) is 84.2 cm³/mol. The first-order valence-corrected chi connectivity index (χ1v) is 7.52. The molecule has 126 valence electrons. The highest BCUT2D eigenvalue weighted by atomic mass is 16.5. The van der Waals surface area contributed by atoms with Crippen LogP contribution in [0.2, 0.25) is 0 Å². The summed E-state index contributed by atoms with van der Waals surface area (Å²) in [6, 6.07) is -0.0464. The molecule has 0 saturated heterocycles. The van der Waals surface area contributed by atoms with Crippen molar-refractivity contribution in [1.82, 2.24) is 10.6 Å². The van der Waals surface area contributed by atoms with E-state index >= 15 is 0 Å². The van der Waals surface area contributed by atoms with Crippen LogP contribution in [0.15, 0.2) is 11.8 Å². The average Bonchev–Trinajstić information content (AvgIpc) is 2.29. The molecule has 1 atom stereocenters. The second-order valence-corrected chi connectivity index (χ2v) is 7.42. The fourth-order valence-corrected chi connectivity index (χ4v) is 1.66. The summed E-state index contributed by atoms with van der Waals surface area (Å²) < 4.78 is 10.8. The predicted octanol–water partition coefficient (Wildman–Crippen LogP) is 1.51. The second-order valence-electron chi connectivity index (χ2n) is 7.42. The summed E-state index contributed by atoms with van der Waals surface area (Å²) in [5.74, 6) is -0.334. The van der Waals surface area contributed by atoms with E-state index in [1.807, 2.05) is 47.6 Å². The lowest BCUT2D eigenvalue weighted by atomic mass is 9.99. The van der Waals surface area contributed by atoms with Crippen LogP contribution in [0.3, 0.4) is 0 Å². The number of ether oxygens (including phenoxy) is 2. The Morgan fingerprint density at radius 1 is 1.05 bits per heavy atom. The van der Waals surface area contributed by atoms with Gasteiger partial charge in [0.2, 0.25) is 11.8 Å². The Balaban J connectivity index is 2.23. The summed E-state index contributed by atoms with van der Waals surface area (Å²) in [6.07, 6.45) is 2.44. The van der Waals surface area contributed by atoms with Crippen molar-refractivity contribution >= 4 is 11.8 Å². The van der Waals surface area contributed by atoms with Crippen molar-refractivity contribution in [3.63, 3.8) is 0 Å². The molecule has 0 radical (unpaired) electrons. The number of carbonyl (C=O) groups is 2. The smallest absolute Gasteiger partial charge is 0.250 e. The summed E-state index contributed by atoms with van der Waals surface area (Å²) in [4.78, 5) is 23.3. The summed E-state index contributed by atoms with van der Waals surface area (Å²) in [6.45, 7) is 11.5. The Bertz CT molecular complexity index is 444. The molecule has 2 N–H and O–H groups in total. The standard InChI is InChI=1S/C16H28N2O4/c1-15(2,3)21-9-13(19)17-11-7-12(8-11)18-14(20)10-22-16(4,5)6/h7,11H,8-10H2,1-6H3,(H,17,19)(H,18,20)/t11-/m1/s1. The van der Waals surface area contributed by atoms with Crippen LogP contribution < -0.4 is 10.6 Å². The molecule has 1 aliphatic rings. The summed E-state index contributed by atoms with van der Waals surface area (Å²) >= 11 is 0. The van der Waals surface area contributed by atoms with Crippen molar-refractivity contribution in [3.8, 4) is 0 Å². The molecule has 0 bridgehead atoms. The van der Waals surface area contributed by atoms with Crippen LogP contribution in [-0.4, -0.2) is 42.3 Å². The lowest BCUT2D eigenvalue weighted by Gasteiger charge is -2.28. The monoisotopic (exact) mass is 312 g/mol. The van der Waals surface area contributed by atoms with Gasteiger partial charge in [-0.05, 0) is 47.6 Å². The van der Waals surface area contributed by atoms with Crippen LogP contribution in [0.4, 0.5) is 0 Å². The van der Waals surface area contributed by atoms with E-state index in [1.165, 1.54) is 0 Å². The zero-order valence-corrected chi connectivity index (χ0v) is 14.4. The third-order valence-electron chi connectivity index (χ3n) is 2.76. The third-order valence-corrected chi connectivity index (χ3v) is 2.76. The molecule has 0 spiro atoms. The molecule has 0 aliphatic heterocycles. The first-order valence-electron chi connectivity index (χ1n) is 7.52. The molecule has 1 aliphatic carbocycles. The highest BCUT2D eigenvalue weighted by molar-refractivity contribution is 5.80. The van der Waals surface area contributed by atoms with Crippen LogP contribution in [0.1, 0.15) is 48.0 Å². The Morgan fingerprint density at radius 3 is 1.95 bits per heavy atom. The van der Waals surface area contributed by atoms with E-state index in [2.05, 4.69) is 10.6 Å². The molecule has 0 fully saturated rings. The van der Waals surface area contributed by atoms with Crippen LogP contribution >= 0.6 is 0 Å². The highest BCUT2D eigenvalue weighted by Gasteiger charge is 2.23. The highest BCUT2D eigenvalue weighted by Crippen LogP contribution is 2.16. The van der Waals surface area contributed by atoms with E-state index in [9.17, 15) is 9.59 Å². The van der Waals surface area contributed by atoms with Crippen LogP contribution in [-0.2, 0) is 19.1 Å². The summed E-state index contributed by atoms with van der Waals surface area (Å²) in [7, 11) is 0. The van der Waals surface area contributed by atoms with Crippen LogP contribution in [0.25, 0.3) is 0 Å². The normalized spacial score (nSPS) is 18.3. The fraction of sp³-hybridized carbons (Fsp3) is 0.750. The van der Waals surface area contributed by atoms with E-state index in [-0.39, 0.29) is 42.3 Å². The lowest BCUT2D eigenvalue weighted by molar-refractivity contribution is -0.131. The fourth-order valence-electron chi connectivity index (χ4n) is 1.66. The number of amides is 2. The average molecular weight is 312 g/mol. The van der Waals surface area contributed by atoms with Crippen molar-refractivity contribution in [2.75, 3.05) is 13.2 Å². The van der Waals surface area contributed by atoms with Gasteiger partial charge in [0.1, 0.15) is 13.2 Å². The molecule has 0 aromatic carbocycles. The Morgan fingerprint density at radius 2 is 1.50 bits per heavy atom. The molecule has 0 unspecified atom stereocenters. The van der Waals surface area contributed by atoms with E-state index in [4.69, 9.17) is 9.47 Å². The first-order chi connectivity index (χ1) is 9.94. The number of carbonyl (C=O) groups excluding carboxylic acids is 2. The lowest BCUT2D eigenvalue weighted by Crippen LogP contribution is -2.44. The molecule has 2 amide bonds. The van der Waals surface area contributed by atoms with Gasteiger partial charge >= 0.3 is 0 Å². The minimum absolute atomic E-state index is 0.0251. The van der Waals surface area contributed by atoms with Gasteiger partial charge in [-0.3, -0.25) is 9.59 Å². The van der Waals surface area contributed by atoms with Crippen LogP contribution in [0.5, 0.6) is 0 Å². The van der Waals surface area contributed by atoms with Gasteiger partial charge in [0, 0.05) is 12.1 Å². The quantitative estimate of drug-likeness (QED) is 0.779. The number of nitrogens with one attached hydrogen (secondary N) is 2. The SMILES string of the molecule is CC(C)(C)OCC(=O)NC1=C[C@@H](NC(=O)COC(C)(C)C)C1. The van der Waals surface area contributed by atoms with E-state index in [1.54, 1.807) is 0 Å². The Kier molecular flexibility index (Phi) is 6.14. The molecule has 0 saturated carbocycles. The number of rotatable bonds is 6. The molecule has 1 rings (SSSR count). The molecule has 22 heavy (non-hydrogen) atoms. The van der Waals surface area contributed by atoms with Gasteiger partial charge in [-0.15, -0.1) is 0 Å². The topological polar surface area (TPSA) is 76.7 Å². The maximum Gasteiger partial charge on any atom is 0.250 e. The van der Waals surface area contributed by atoms with Crippen molar-refractivity contribution in [2.45, 2.75) is 65.2 Å². The van der Waals surface area contributed by atoms with E-state index < -0.39 is 0 Å². The zero-order chi connectivity index (χ0) is 17.0.